The Hall–Kier alpha value is -0.410. The minimum absolute atomic E-state index is 0.149. The first-order valence-electron chi connectivity index (χ1n) is 6.88. The number of aldehydes is 1. The minimum atomic E-state index is -0.149. The van der Waals surface area contributed by atoms with E-state index in [9.17, 15) is 4.79 Å². The van der Waals surface area contributed by atoms with Crippen molar-refractivity contribution in [1.82, 2.24) is 4.90 Å². The summed E-state index contributed by atoms with van der Waals surface area (Å²) in [6.07, 6.45) is 5.45. The standard InChI is InChI=1S/C14H27NO2/c1-4-14(5-2,12-16)11-15(3)9-13-7-6-8-17-10-13/h12-13H,4-11H2,1-3H3. The summed E-state index contributed by atoms with van der Waals surface area (Å²) in [5.74, 6) is 0.645. The van der Waals surface area contributed by atoms with Crippen molar-refractivity contribution in [3.05, 3.63) is 0 Å². The van der Waals surface area contributed by atoms with E-state index in [0.717, 1.165) is 45.4 Å². The monoisotopic (exact) mass is 241 g/mol. The molecule has 0 N–H and O–H groups in total. The molecule has 17 heavy (non-hydrogen) atoms. The van der Waals surface area contributed by atoms with Crippen LogP contribution in [-0.4, -0.2) is 44.5 Å². The van der Waals surface area contributed by atoms with Crippen molar-refractivity contribution in [2.75, 3.05) is 33.4 Å². The third kappa shape index (κ3) is 4.40. The lowest BCUT2D eigenvalue weighted by molar-refractivity contribution is -0.117. The van der Waals surface area contributed by atoms with Crippen molar-refractivity contribution < 1.29 is 9.53 Å². The maximum atomic E-state index is 11.3. The minimum Gasteiger partial charge on any atom is -0.381 e. The van der Waals surface area contributed by atoms with E-state index in [1.807, 2.05) is 0 Å². The van der Waals surface area contributed by atoms with Crippen LogP contribution in [-0.2, 0) is 9.53 Å². The van der Waals surface area contributed by atoms with Crippen LogP contribution in [0.4, 0.5) is 0 Å². The van der Waals surface area contributed by atoms with Crippen LogP contribution in [0.25, 0.3) is 0 Å². The van der Waals surface area contributed by atoms with Crippen molar-refractivity contribution in [3.63, 3.8) is 0 Å². The summed E-state index contributed by atoms with van der Waals surface area (Å²) >= 11 is 0. The molecule has 0 saturated carbocycles. The van der Waals surface area contributed by atoms with E-state index in [1.165, 1.54) is 12.8 Å². The quantitative estimate of drug-likeness (QED) is 0.641. The van der Waals surface area contributed by atoms with Gasteiger partial charge in [0.1, 0.15) is 6.29 Å². The van der Waals surface area contributed by atoms with Gasteiger partial charge in [0.05, 0.1) is 6.61 Å². The van der Waals surface area contributed by atoms with Gasteiger partial charge < -0.3 is 14.4 Å². The van der Waals surface area contributed by atoms with Gasteiger partial charge in [-0.25, -0.2) is 0 Å². The Morgan fingerprint density at radius 3 is 2.59 bits per heavy atom. The zero-order valence-corrected chi connectivity index (χ0v) is 11.6. The summed E-state index contributed by atoms with van der Waals surface area (Å²) in [4.78, 5) is 13.6. The average Bonchev–Trinajstić information content (AvgIpc) is 2.37. The van der Waals surface area contributed by atoms with Crippen molar-refractivity contribution in [2.45, 2.75) is 39.5 Å². The lowest BCUT2D eigenvalue weighted by Crippen LogP contribution is -2.39. The Kier molecular flexibility index (Phi) is 6.14. The molecule has 0 aromatic rings. The summed E-state index contributed by atoms with van der Waals surface area (Å²) in [5, 5.41) is 0. The van der Waals surface area contributed by atoms with Crippen LogP contribution in [0.3, 0.4) is 0 Å². The summed E-state index contributed by atoms with van der Waals surface area (Å²) < 4.78 is 5.50. The van der Waals surface area contributed by atoms with Gasteiger partial charge in [0.15, 0.2) is 0 Å². The molecule has 0 radical (unpaired) electrons. The van der Waals surface area contributed by atoms with Crippen LogP contribution >= 0.6 is 0 Å². The van der Waals surface area contributed by atoms with Gasteiger partial charge in [0.2, 0.25) is 0 Å². The topological polar surface area (TPSA) is 29.5 Å². The predicted octanol–water partition coefficient (Wildman–Crippen LogP) is 2.35. The highest BCUT2D eigenvalue weighted by Gasteiger charge is 2.28. The molecule has 0 aliphatic carbocycles. The highest BCUT2D eigenvalue weighted by molar-refractivity contribution is 5.59. The lowest BCUT2D eigenvalue weighted by atomic mass is 9.83. The van der Waals surface area contributed by atoms with Gasteiger partial charge in [0, 0.05) is 25.1 Å². The van der Waals surface area contributed by atoms with Crippen LogP contribution in [0.2, 0.25) is 0 Å². The average molecular weight is 241 g/mol. The third-order valence-corrected chi connectivity index (χ3v) is 4.07. The molecule has 1 unspecified atom stereocenters. The van der Waals surface area contributed by atoms with Crippen LogP contribution < -0.4 is 0 Å². The van der Waals surface area contributed by atoms with Crippen LogP contribution in [0.15, 0.2) is 0 Å². The van der Waals surface area contributed by atoms with Crippen molar-refractivity contribution in [2.24, 2.45) is 11.3 Å². The number of nitrogens with zero attached hydrogens (tertiary/aromatic N) is 1. The van der Waals surface area contributed by atoms with E-state index in [-0.39, 0.29) is 5.41 Å². The Morgan fingerprint density at radius 2 is 2.12 bits per heavy atom. The van der Waals surface area contributed by atoms with E-state index < -0.39 is 0 Å². The Morgan fingerprint density at radius 1 is 1.41 bits per heavy atom. The van der Waals surface area contributed by atoms with E-state index >= 15 is 0 Å². The molecule has 3 nitrogen and oxygen atoms in total. The molecule has 0 aromatic carbocycles. The van der Waals surface area contributed by atoms with Crippen LogP contribution in [0, 0.1) is 11.3 Å². The van der Waals surface area contributed by atoms with Gasteiger partial charge in [-0.15, -0.1) is 0 Å². The summed E-state index contributed by atoms with van der Waals surface area (Å²) in [6, 6.07) is 0. The molecule has 1 aliphatic rings. The lowest BCUT2D eigenvalue weighted by Gasteiger charge is -2.33. The molecule has 1 heterocycles. The molecule has 0 bridgehead atoms. The fourth-order valence-corrected chi connectivity index (χ4v) is 2.67. The molecule has 0 amide bonds. The fourth-order valence-electron chi connectivity index (χ4n) is 2.67. The fraction of sp³-hybridized carbons (Fsp3) is 0.929. The molecule has 3 heteroatoms. The predicted molar refractivity (Wildman–Crippen MR) is 70.1 cm³/mol. The maximum absolute atomic E-state index is 11.3. The Bertz CT molecular complexity index is 220. The summed E-state index contributed by atoms with van der Waals surface area (Å²) in [7, 11) is 2.12. The first-order valence-corrected chi connectivity index (χ1v) is 6.88. The second-order valence-corrected chi connectivity index (χ2v) is 5.47. The number of carbonyl (C=O) groups is 1. The molecule has 1 saturated heterocycles. The van der Waals surface area contributed by atoms with Gasteiger partial charge in [-0.3, -0.25) is 0 Å². The van der Waals surface area contributed by atoms with Gasteiger partial charge in [-0.2, -0.15) is 0 Å². The van der Waals surface area contributed by atoms with Crippen molar-refractivity contribution in [3.8, 4) is 0 Å². The number of hydrogen-bond acceptors (Lipinski definition) is 3. The molecule has 1 aliphatic heterocycles. The van der Waals surface area contributed by atoms with E-state index in [1.54, 1.807) is 0 Å². The SMILES string of the molecule is CCC(C=O)(CC)CN(C)CC1CCCOC1. The maximum Gasteiger partial charge on any atom is 0.127 e. The third-order valence-electron chi connectivity index (χ3n) is 4.07. The summed E-state index contributed by atoms with van der Waals surface area (Å²) in [5.41, 5.74) is -0.149. The molecule has 0 spiro atoms. The van der Waals surface area contributed by atoms with Gasteiger partial charge >= 0.3 is 0 Å². The highest BCUT2D eigenvalue weighted by Crippen LogP contribution is 2.25. The Balaban J connectivity index is 2.40. The number of hydrogen-bond donors (Lipinski definition) is 0. The molecule has 1 fully saturated rings. The van der Waals surface area contributed by atoms with E-state index in [0.29, 0.717) is 5.92 Å². The summed E-state index contributed by atoms with van der Waals surface area (Å²) in [6.45, 7) is 7.94. The molecule has 100 valence electrons. The van der Waals surface area contributed by atoms with Crippen LogP contribution in [0.1, 0.15) is 39.5 Å². The first-order chi connectivity index (χ1) is 8.15. The van der Waals surface area contributed by atoms with Crippen LogP contribution in [0.5, 0.6) is 0 Å². The number of rotatable bonds is 7. The Labute approximate surface area is 106 Å². The molecular formula is C14H27NO2. The van der Waals surface area contributed by atoms with Gasteiger partial charge in [0.25, 0.3) is 0 Å². The zero-order chi connectivity index (χ0) is 12.7. The number of carbonyl (C=O) groups excluding carboxylic acids is 1. The number of ether oxygens (including phenoxy) is 1. The normalized spacial score (nSPS) is 21.8. The van der Waals surface area contributed by atoms with E-state index in [2.05, 4.69) is 25.8 Å². The zero-order valence-electron chi connectivity index (χ0n) is 11.6. The van der Waals surface area contributed by atoms with Crippen molar-refractivity contribution >= 4 is 6.29 Å². The smallest absolute Gasteiger partial charge is 0.127 e. The molecule has 1 atom stereocenters. The van der Waals surface area contributed by atoms with Crippen molar-refractivity contribution in [1.29, 1.82) is 0 Å². The second-order valence-electron chi connectivity index (χ2n) is 5.47. The molecule has 0 aromatic heterocycles. The second kappa shape index (κ2) is 7.12. The molecule has 1 rings (SSSR count). The van der Waals surface area contributed by atoms with E-state index in [4.69, 9.17) is 4.74 Å². The van der Waals surface area contributed by atoms with Gasteiger partial charge in [-0.05, 0) is 38.6 Å². The molecular weight excluding hydrogens is 214 g/mol. The first kappa shape index (κ1) is 14.7. The highest BCUT2D eigenvalue weighted by atomic mass is 16.5. The van der Waals surface area contributed by atoms with Gasteiger partial charge in [-0.1, -0.05) is 13.8 Å². The largest absolute Gasteiger partial charge is 0.381 e.